The van der Waals surface area contributed by atoms with Gasteiger partial charge in [0.25, 0.3) is 5.91 Å². The van der Waals surface area contributed by atoms with Gasteiger partial charge in [0.1, 0.15) is 5.69 Å². The molecule has 2 aromatic heterocycles. The Balaban J connectivity index is 0.00000280. The first-order valence-electron chi connectivity index (χ1n) is 8.79. The molecule has 148 valence electrons. The van der Waals surface area contributed by atoms with Crippen LogP contribution in [0.25, 0.3) is 5.82 Å². The number of carbonyl (C=O) groups is 1. The third-order valence-electron chi connectivity index (χ3n) is 4.04. The summed E-state index contributed by atoms with van der Waals surface area (Å²) < 4.78 is 1.69. The fraction of sp³-hybridized carbons (Fsp3) is 0.250. The van der Waals surface area contributed by atoms with Gasteiger partial charge in [-0.1, -0.05) is 30.7 Å². The molecule has 28 heavy (non-hydrogen) atoms. The van der Waals surface area contributed by atoms with Crippen LogP contribution in [-0.4, -0.2) is 27.2 Å². The molecule has 0 unspecified atom stereocenters. The van der Waals surface area contributed by atoms with Crippen LogP contribution in [0.1, 0.15) is 34.4 Å². The summed E-state index contributed by atoms with van der Waals surface area (Å²) in [5, 5.41) is 10.8. The van der Waals surface area contributed by atoms with Crippen molar-refractivity contribution in [1.82, 2.24) is 20.1 Å². The number of rotatable bonds is 6. The number of aryl methyl sites for hydroxylation is 2. The molecule has 0 aliphatic rings. The summed E-state index contributed by atoms with van der Waals surface area (Å²) in [6.07, 6.45) is 0. The molecule has 2 heterocycles. The summed E-state index contributed by atoms with van der Waals surface area (Å²) >= 11 is 6.23. The third-order valence-corrected chi connectivity index (χ3v) is 4.34. The van der Waals surface area contributed by atoms with E-state index in [2.05, 4.69) is 27.6 Å². The van der Waals surface area contributed by atoms with Crippen molar-refractivity contribution < 1.29 is 4.79 Å². The fourth-order valence-corrected chi connectivity index (χ4v) is 2.98. The maximum atomic E-state index is 12.7. The lowest BCUT2D eigenvalue weighted by Gasteiger charge is -2.10. The van der Waals surface area contributed by atoms with Crippen molar-refractivity contribution in [2.75, 3.05) is 11.9 Å². The highest BCUT2D eigenvalue weighted by atomic mass is 35.5. The van der Waals surface area contributed by atoms with E-state index >= 15 is 0 Å². The first-order valence-corrected chi connectivity index (χ1v) is 9.17. The van der Waals surface area contributed by atoms with Crippen LogP contribution in [0.15, 0.2) is 42.5 Å². The molecule has 0 bridgehead atoms. The van der Waals surface area contributed by atoms with E-state index in [0.29, 0.717) is 16.5 Å². The van der Waals surface area contributed by atoms with Crippen LogP contribution in [0.3, 0.4) is 0 Å². The Bertz CT molecular complexity index is 971. The standard InChI is InChI=1S/C20H22ClN5O.ClH/c1-4-22-12-15-6-5-7-16(11-15)23-20(27)19-17(21)8-9-18(24-19)26-14(3)10-13(2)25-26;/h5-11,22H,4,12H2,1-3H3,(H,23,27);1H. The Hall–Kier alpha value is -2.41. The largest absolute Gasteiger partial charge is 0.321 e. The van der Waals surface area contributed by atoms with Crippen LogP contribution in [-0.2, 0) is 6.54 Å². The highest BCUT2D eigenvalue weighted by Gasteiger charge is 2.15. The van der Waals surface area contributed by atoms with Crippen LogP contribution >= 0.6 is 24.0 Å². The van der Waals surface area contributed by atoms with Crippen LogP contribution in [0, 0.1) is 13.8 Å². The van der Waals surface area contributed by atoms with Crippen LogP contribution in [0.5, 0.6) is 0 Å². The number of nitrogens with zero attached hydrogens (tertiary/aromatic N) is 3. The topological polar surface area (TPSA) is 71.8 Å². The summed E-state index contributed by atoms with van der Waals surface area (Å²) in [4.78, 5) is 17.2. The monoisotopic (exact) mass is 419 g/mol. The Morgan fingerprint density at radius 2 is 1.96 bits per heavy atom. The van der Waals surface area contributed by atoms with Crippen molar-refractivity contribution in [2.45, 2.75) is 27.3 Å². The molecule has 2 N–H and O–H groups in total. The molecule has 0 aliphatic carbocycles. The van der Waals surface area contributed by atoms with Gasteiger partial charge in [0.15, 0.2) is 5.82 Å². The Labute approximate surface area is 175 Å². The molecule has 0 radical (unpaired) electrons. The summed E-state index contributed by atoms with van der Waals surface area (Å²) in [6.45, 7) is 7.52. The molecule has 0 saturated carbocycles. The molecule has 1 aromatic carbocycles. The zero-order chi connectivity index (χ0) is 19.4. The summed E-state index contributed by atoms with van der Waals surface area (Å²) in [5.41, 5.74) is 3.77. The number of carbonyl (C=O) groups excluding carboxylic acids is 1. The molecule has 3 aromatic rings. The van der Waals surface area contributed by atoms with Gasteiger partial charge in [-0.05, 0) is 56.3 Å². The van der Waals surface area contributed by atoms with E-state index in [1.54, 1.807) is 16.8 Å². The predicted molar refractivity (Wildman–Crippen MR) is 115 cm³/mol. The van der Waals surface area contributed by atoms with Crippen LogP contribution < -0.4 is 10.6 Å². The number of aromatic nitrogens is 3. The highest BCUT2D eigenvalue weighted by molar-refractivity contribution is 6.34. The minimum Gasteiger partial charge on any atom is -0.321 e. The number of hydrogen-bond donors (Lipinski definition) is 2. The molecule has 0 atom stereocenters. The van der Waals surface area contributed by atoms with Crippen molar-refractivity contribution >= 4 is 35.6 Å². The maximum Gasteiger partial charge on any atom is 0.275 e. The van der Waals surface area contributed by atoms with Crippen LogP contribution in [0.2, 0.25) is 5.02 Å². The van der Waals surface area contributed by atoms with Crippen molar-refractivity contribution in [3.05, 3.63) is 70.1 Å². The van der Waals surface area contributed by atoms with E-state index in [-0.39, 0.29) is 24.0 Å². The average Bonchev–Trinajstić information content (AvgIpc) is 2.99. The van der Waals surface area contributed by atoms with Crippen molar-refractivity contribution in [3.63, 3.8) is 0 Å². The Morgan fingerprint density at radius 1 is 1.18 bits per heavy atom. The second-order valence-electron chi connectivity index (χ2n) is 6.27. The minimum absolute atomic E-state index is 0. The molecule has 3 rings (SSSR count). The number of halogens is 2. The number of anilines is 1. The van der Waals surface area contributed by atoms with E-state index in [9.17, 15) is 4.79 Å². The summed E-state index contributed by atoms with van der Waals surface area (Å²) in [7, 11) is 0. The van der Waals surface area contributed by atoms with Crippen LogP contribution in [0.4, 0.5) is 5.69 Å². The van der Waals surface area contributed by atoms with Gasteiger partial charge in [-0.25, -0.2) is 9.67 Å². The third kappa shape index (κ3) is 5.10. The lowest BCUT2D eigenvalue weighted by Crippen LogP contribution is -2.17. The predicted octanol–water partition coefficient (Wildman–Crippen LogP) is 4.32. The number of hydrogen-bond acceptors (Lipinski definition) is 4. The number of amides is 1. The van der Waals surface area contributed by atoms with E-state index in [1.807, 2.05) is 44.2 Å². The summed E-state index contributed by atoms with van der Waals surface area (Å²) in [6, 6.07) is 13.0. The van der Waals surface area contributed by atoms with E-state index in [1.165, 1.54) is 0 Å². The molecule has 0 fully saturated rings. The van der Waals surface area contributed by atoms with Gasteiger partial charge in [-0.2, -0.15) is 5.10 Å². The highest BCUT2D eigenvalue weighted by Crippen LogP contribution is 2.20. The van der Waals surface area contributed by atoms with E-state index < -0.39 is 0 Å². The normalized spacial score (nSPS) is 10.4. The first-order chi connectivity index (χ1) is 13.0. The SMILES string of the molecule is CCNCc1cccc(NC(=O)c2nc(-n3nc(C)cc3C)ccc2Cl)c1.Cl. The smallest absolute Gasteiger partial charge is 0.275 e. The Kier molecular flexibility index (Phi) is 7.57. The first kappa shape index (κ1) is 21.9. The number of pyridine rings is 1. The molecule has 0 aliphatic heterocycles. The van der Waals surface area contributed by atoms with Crippen molar-refractivity contribution in [2.24, 2.45) is 0 Å². The van der Waals surface area contributed by atoms with E-state index in [0.717, 1.165) is 30.0 Å². The van der Waals surface area contributed by atoms with Gasteiger partial charge in [-0.3, -0.25) is 4.79 Å². The number of nitrogens with one attached hydrogen (secondary N) is 2. The van der Waals surface area contributed by atoms with Crippen molar-refractivity contribution in [1.29, 1.82) is 0 Å². The van der Waals surface area contributed by atoms with E-state index in [4.69, 9.17) is 11.6 Å². The molecule has 1 amide bonds. The van der Waals surface area contributed by atoms with Gasteiger partial charge in [0.2, 0.25) is 0 Å². The maximum absolute atomic E-state index is 12.7. The second kappa shape index (κ2) is 9.68. The molecule has 8 heteroatoms. The van der Waals surface area contributed by atoms with Gasteiger partial charge >= 0.3 is 0 Å². The van der Waals surface area contributed by atoms with Gasteiger partial charge in [0, 0.05) is 17.9 Å². The fourth-order valence-electron chi connectivity index (χ4n) is 2.79. The molecule has 0 saturated heterocycles. The average molecular weight is 420 g/mol. The molecular weight excluding hydrogens is 397 g/mol. The quantitative estimate of drug-likeness (QED) is 0.623. The summed E-state index contributed by atoms with van der Waals surface area (Å²) in [5.74, 6) is 0.194. The number of benzene rings is 1. The second-order valence-corrected chi connectivity index (χ2v) is 6.68. The zero-order valence-electron chi connectivity index (χ0n) is 16.0. The molecule has 0 spiro atoms. The molecular formula is C20H23Cl2N5O. The minimum atomic E-state index is -0.357. The lowest BCUT2D eigenvalue weighted by atomic mass is 10.2. The van der Waals surface area contributed by atoms with Gasteiger partial charge < -0.3 is 10.6 Å². The molecule has 6 nitrogen and oxygen atoms in total. The zero-order valence-corrected chi connectivity index (χ0v) is 17.6. The van der Waals surface area contributed by atoms with Gasteiger partial charge in [-0.15, -0.1) is 12.4 Å². The lowest BCUT2D eigenvalue weighted by molar-refractivity contribution is 0.102. The van der Waals surface area contributed by atoms with Gasteiger partial charge in [0.05, 0.1) is 10.7 Å². The van der Waals surface area contributed by atoms with Crippen molar-refractivity contribution in [3.8, 4) is 5.82 Å². The Morgan fingerprint density at radius 3 is 2.64 bits per heavy atom.